The van der Waals surface area contributed by atoms with Crippen molar-refractivity contribution < 1.29 is 4.79 Å². The zero-order valence-electron chi connectivity index (χ0n) is 11.3. The van der Waals surface area contributed by atoms with Crippen LogP contribution in [0, 0.1) is 5.92 Å². The maximum atomic E-state index is 12.3. The lowest BCUT2D eigenvalue weighted by atomic mass is 9.96. The second-order valence-electron chi connectivity index (χ2n) is 5.65. The van der Waals surface area contributed by atoms with E-state index in [0.717, 1.165) is 38.9 Å². The average Bonchev–Trinajstić information content (AvgIpc) is 2.84. The van der Waals surface area contributed by atoms with Gasteiger partial charge < -0.3 is 15.1 Å². The zero-order chi connectivity index (χ0) is 12.4. The standard InChI is InChI=1S/C13H25N3O/c1-10-8-12(5-7-15(10)2)16(3)13(17)11-4-6-14-9-11/h10-12,14H,4-9H2,1-3H3/t10-,11-,12-/m1/s1. The van der Waals surface area contributed by atoms with E-state index in [0.29, 0.717) is 18.0 Å². The molecule has 2 fully saturated rings. The van der Waals surface area contributed by atoms with E-state index in [4.69, 9.17) is 0 Å². The molecule has 0 aromatic heterocycles. The minimum absolute atomic E-state index is 0.218. The molecule has 2 saturated heterocycles. The normalized spacial score (nSPS) is 34.9. The highest BCUT2D eigenvalue weighted by atomic mass is 16.2. The lowest BCUT2D eigenvalue weighted by Gasteiger charge is -2.40. The largest absolute Gasteiger partial charge is 0.342 e. The number of hydrogen-bond acceptors (Lipinski definition) is 3. The molecule has 1 amide bonds. The summed E-state index contributed by atoms with van der Waals surface area (Å²) in [6.45, 7) is 5.22. The predicted octanol–water partition coefficient (Wildman–Crippen LogP) is 0.537. The van der Waals surface area contributed by atoms with Gasteiger partial charge in [0, 0.05) is 32.2 Å². The molecular weight excluding hydrogens is 214 g/mol. The van der Waals surface area contributed by atoms with E-state index in [1.165, 1.54) is 0 Å². The lowest BCUT2D eigenvalue weighted by molar-refractivity contribution is -0.136. The van der Waals surface area contributed by atoms with Crippen LogP contribution >= 0.6 is 0 Å². The minimum Gasteiger partial charge on any atom is -0.342 e. The number of carbonyl (C=O) groups is 1. The topological polar surface area (TPSA) is 35.6 Å². The fourth-order valence-corrected chi connectivity index (χ4v) is 2.95. The molecule has 0 aromatic rings. The molecule has 0 aliphatic carbocycles. The molecule has 1 N–H and O–H groups in total. The van der Waals surface area contributed by atoms with Crippen LogP contribution in [0.4, 0.5) is 0 Å². The second-order valence-corrected chi connectivity index (χ2v) is 5.65. The van der Waals surface area contributed by atoms with Gasteiger partial charge >= 0.3 is 0 Å². The molecule has 0 spiro atoms. The molecule has 0 bridgehead atoms. The number of nitrogens with zero attached hydrogens (tertiary/aromatic N) is 2. The van der Waals surface area contributed by atoms with Crippen LogP contribution in [-0.2, 0) is 4.79 Å². The molecule has 2 heterocycles. The van der Waals surface area contributed by atoms with Gasteiger partial charge in [-0.1, -0.05) is 0 Å². The molecule has 2 aliphatic heterocycles. The van der Waals surface area contributed by atoms with Crippen molar-refractivity contribution in [1.29, 1.82) is 0 Å². The van der Waals surface area contributed by atoms with Crippen LogP contribution in [0.3, 0.4) is 0 Å². The highest BCUT2D eigenvalue weighted by Crippen LogP contribution is 2.22. The SMILES string of the molecule is C[C@@H]1C[C@H](N(C)C(=O)[C@@H]2CCNC2)CCN1C. The second kappa shape index (κ2) is 5.36. The van der Waals surface area contributed by atoms with Gasteiger partial charge in [-0.05, 0) is 39.8 Å². The third-order valence-electron chi connectivity index (χ3n) is 4.49. The zero-order valence-corrected chi connectivity index (χ0v) is 11.3. The van der Waals surface area contributed by atoms with Crippen molar-refractivity contribution in [3.8, 4) is 0 Å². The Balaban J connectivity index is 1.90. The van der Waals surface area contributed by atoms with Crippen LogP contribution in [0.1, 0.15) is 26.2 Å². The van der Waals surface area contributed by atoms with Crippen LogP contribution in [0.2, 0.25) is 0 Å². The van der Waals surface area contributed by atoms with Crippen LogP contribution in [0.5, 0.6) is 0 Å². The lowest BCUT2D eigenvalue weighted by Crippen LogP contribution is -2.49. The summed E-state index contributed by atoms with van der Waals surface area (Å²) in [6, 6.07) is 1.03. The number of rotatable bonds is 2. The Hall–Kier alpha value is -0.610. The quantitative estimate of drug-likeness (QED) is 0.764. The third kappa shape index (κ3) is 2.80. The first-order valence-corrected chi connectivity index (χ1v) is 6.77. The van der Waals surface area contributed by atoms with Crippen molar-refractivity contribution in [3.05, 3.63) is 0 Å². The maximum absolute atomic E-state index is 12.3. The first-order chi connectivity index (χ1) is 8.09. The fraction of sp³-hybridized carbons (Fsp3) is 0.923. The van der Waals surface area contributed by atoms with Crippen molar-refractivity contribution >= 4 is 5.91 Å². The number of likely N-dealkylation sites (tertiary alicyclic amines) is 1. The Morgan fingerprint density at radius 1 is 1.41 bits per heavy atom. The number of carbonyl (C=O) groups excluding carboxylic acids is 1. The van der Waals surface area contributed by atoms with E-state index < -0.39 is 0 Å². The van der Waals surface area contributed by atoms with E-state index in [1.807, 2.05) is 11.9 Å². The molecule has 2 aliphatic rings. The van der Waals surface area contributed by atoms with E-state index >= 15 is 0 Å². The summed E-state index contributed by atoms with van der Waals surface area (Å²) in [5, 5.41) is 3.27. The van der Waals surface area contributed by atoms with Gasteiger partial charge in [-0.25, -0.2) is 0 Å². The van der Waals surface area contributed by atoms with Gasteiger partial charge in [0.1, 0.15) is 0 Å². The predicted molar refractivity (Wildman–Crippen MR) is 68.9 cm³/mol. The van der Waals surface area contributed by atoms with Crippen molar-refractivity contribution in [2.45, 2.75) is 38.3 Å². The van der Waals surface area contributed by atoms with Crippen LogP contribution in [0.15, 0.2) is 0 Å². The molecule has 0 aromatic carbocycles. The van der Waals surface area contributed by atoms with E-state index in [2.05, 4.69) is 24.2 Å². The van der Waals surface area contributed by atoms with Gasteiger partial charge in [0.2, 0.25) is 5.91 Å². The summed E-state index contributed by atoms with van der Waals surface area (Å²) in [6.07, 6.45) is 3.23. The first kappa shape index (κ1) is 12.8. The van der Waals surface area contributed by atoms with E-state index in [-0.39, 0.29) is 5.92 Å². The molecular formula is C13H25N3O. The molecule has 2 rings (SSSR count). The smallest absolute Gasteiger partial charge is 0.227 e. The summed E-state index contributed by atoms with van der Waals surface area (Å²) < 4.78 is 0. The Kier molecular flexibility index (Phi) is 4.05. The molecule has 3 atom stereocenters. The van der Waals surface area contributed by atoms with Gasteiger partial charge in [-0.2, -0.15) is 0 Å². The summed E-state index contributed by atoms with van der Waals surface area (Å²) in [7, 11) is 4.16. The van der Waals surface area contributed by atoms with Crippen molar-refractivity contribution in [2.24, 2.45) is 5.92 Å². The van der Waals surface area contributed by atoms with Gasteiger partial charge in [0.25, 0.3) is 0 Å². The van der Waals surface area contributed by atoms with Crippen LogP contribution < -0.4 is 5.32 Å². The van der Waals surface area contributed by atoms with Crippen LogP contribution in [-0.4, -0.2) is 61.5 Å². The molecule has 4 heteroatoms. The fourth-order valence-electron chi connectivity index (χ4n) is 2.95. The highest BCUT2D eigenvalue weighted by molar-refractivity contribution is 5.79. The Morgan fingerprint density at radius 2 is 2.18 bits per heavy atom. The van der Waals surface area contributed by atoms with E-state index in [9.17, 15) is 4.79 Å². The maximum Gasteiger partial charge on any atom is 0.227 e. The van der Waals surface area contributed by atoms with Crippen molar-refractivity contribution in [3.63, 3.8) is 0 Å². The van der Waals surface area contributed by atoms with Crippen molar-refractivity contribution in [2.75, 3.05) is 33.7 Å². The monoisotopic (exact) mass is 239 g/mol. The molecule has 17 heavy (non-hydrogen) atoms. The third-order valence-corrected chi connectivity index (χ3v) is 4.49. The average molecular weight is 239 g/mol. The summed E-state index contributed by atoms with van der Waals surface area (Å²) in [4.78, 5) is 16.7. The molecule has 0 unspecified atom stereocenters. The van der Waals surface area contributed by atoms with Gasteiger partial charge in [-0.15, -0.1) is 0 Å². The van der Waals surface area contributed by atoms with Crippen molar-refractivity contribution in [1.82, 2.24) is 15.1 Å². The number of hydrogen-bond donors (Lipinski definition) is 1. The van der Waals surface area contributed by atoms with Gasteiger partial charge in [-0.3, -0.25) is 4.79 Å². The Labute approximate surface area is 104 Å². The number of nitrogens with one attached hydrogen (secondary N) is 1. The van der Waals surface area contributed by atoms with E-state index in [1.54, 1.807) is 0 Å². The number of amides is 1. The molecule has 0 radical (unpaired) electrons. The Bertz CT molecular complexity index is 276. The molecule has 98 valence electrons. The van der Waals surface area contributed by atoms with Gasteiger partial charge in [0.05, 0.1) is 5.92 Å². The summed E-state index contributed by atoms with van der Waals surface area (Å²) in [5.74, 6) is 0.562. The molecule has 0 saturated carbocycles. The van der Waals surface area contributed by atoms with Gasteiger partial charge in [0.15, 0.2) is 0 Å². The Morgan fingerprint density at radius 3 is 2.76 bits per heavy atom. The highest BCUT2D eigenvalue weighted by Gasteiger charge is 2.32. The molecule has 4 nitrogen and oxygen atoms in total. The van der Waals surface area contributed by atoms with Crippen LogP contribution in [0.25, 0.3) is 0 Å². The summed E-state index contributed by atoms with van der Waals surface area (Å²) in [5.41, 5.74) is 0. The summed E-state index contributed by atoms with van der Waals surface area (Å²) >= 11 is 0. The number of piperidine rings is 1. The minimum atomic E-state index is 0.218. The first-order valence-electron chi connectivity index (χ1n) is 6.77.